The van der Waals surface area contributed by atoms with Crippen LogP contribution in [0.4, 0.5) is 0 Å². The average molecular weight is 290 g/mol. The van der Waals surface area contributed by atoms with Crippen molar-refractivity contribution in [2.24, 2.45) is 11.1 Å². The molecule has 0 heterocycles. The molecule has 1 saturated carbocycles. The van der Waals surface area contributed by atoms with E-state index in [9.17, 15) is 9.59 Å². The number of hydrogen-bond donors (Lipinski definition) is 3. The van der Waals surface area contributed by atoms with E-state index in [1.807, 2.05) is 0 Å². The number of benzene rings is 1. The molecule has 0 aliphatic heterocycles. The summed E-state index contributed by atoms with van der Waals surface area (Å²) < 4.78 is 0. The fourth-order valence-corrected chi connectivity index (χ4v) is 2.90. The number of carbonyl (C=O) groups is 2. The van der Waals surface area contributed by atoms with Crippen molar-refractivity contribution in [1.82, 2.24) is 5.32 Å². The Labute approximate surface area is 124 Å². The van der Waals surface area contributed by atoms with Gasteiger partial charge in [-0.2, -0.15) is 0 Å². The molecule has 0 atom stereocenters. The highest BCUT2D eigenvalue weighted by molar-refractivity contribution is 5.87. The van der Waals surface area contributed by atoms with Gasteiger partial charge in [0.15, 0.2) is 0 Å². The lowest BCUT2D eigenvalue weighted by Gasteiger charge is -2.25. The second-order valence-electron chi connectivity index (χ2n) is 5.70. The molecular weight excluding hydrogens is 268 g/mol. The molecule has 0 radical (unpaired) electrons. The maximum Gasteiger partial charge on any atom is 0.335 e. The molecule has 1 aliphatic carbocycles. The van der Waals surface area contributed by atoms with E-state index < -0.39 is 5.97 Å². The quantitative estimate of drug-likeness (QED) is 0.741. The summed E-state index contributed by atoms with van der Waals surface area (Å²) in [5.41, 5.74) is 6.70. The van der Waals surface area contributed by atoms with Crippen LogP contribution in [0.15, 0.2) is 24.3 Å². The summed E-state index contributed by atoms with van der Waals surface area (Å²) in [5.74, 6) is -0.870. The first kappa shape index (κ1) is 15.5. The number of hydrogen-bond acceptors (Lipinski definition) is 3. The number of carboxylic acids is 1. The maximum absolute atomic E-state index is 12.3. The van der Waals surface area contributed by atoms with E-state index >= 15 is 0 Å². The number of nitrogens with one attached hydrogen (secondary N) is 1. The molecule has 5 heteroatoms. The number of rotatable bonds is 6. The first-order chi connectivity index (χ1) is 10.1. The van der Waals surface area contributed by atoms with Gasteiger partial charge < -0.3 is 16.2 Å². The van der Waals surface area contributed by atoms with E-state index in [1.54, 1.807) is 24.3 Å². The fourth-order valence-electron chi connectivity index (χ4n) is 2.90. The lowest BCUT2D eigenvalue weighted by molar-refractivity contribution is -0.130. The minimum absolute atomic E-state index is 0.0599. The van der Waals surface area contributed by atoms with Crippen LogP contribution in [0.2, 0.25) is 0 Å². The zero-order valence-corrected chi connectivity index (χ0v) is 12.1. The normalized spacial score (nSPS) is 16.6. The van der Waals surface area contributed by atoms with Gasteiger partial charge in [-0.3, -0.25) is 4.79 Å². The molecule has 0 spiro atoms. The van der Waals surface area contributed by atoms with E-state index in [0.717, 1.165) is 31.2 Å². The van der Waals surface area contributed by atoms with Crippen molar-refractivity contribution in [3.05, 3.63) is 35.4 Å². The van der Waals surface area contributed by atoms with Crippen LogP contribution in [-0.4, -0.2) is 30.1 Å². The van der Waals surface area contributed by atoms with E-state index in [2.05, 4.69) is 5.32 Å². The molecule has 114 valence electrons. The van der Waals surface area contributed by atoms with Gasteiger partial charge in [-0.1, -0.05) is 25.0 Å². The summed E-state index contributed by atoms with van der Waals surface area (Å²) in [7, 11) is 0. The van der Waals surface area contributed by atoms with Crippen molar-refractivity contribution >= 4 is 11.9 Å². The highest BCUT2D eigenvalue weighted by atomic mass is 16.4. The SMILES string of the molecule is NCC1(C(=O)NCCc2ccc(C(=O)O)cc2)CCCC1. The van der Waals surface area contributed by atoms with E-state index in [0.29, 0.717) is 19.5 Å². The maximum atomic E-state index is 12.3. The lowest BCUT2D eigenvalue weighted by atomic mass is 9.85. The van der Waals surface area contributed by atoms with Crippen LogP contribution in [0.25, 0.3) is 0 Å². The van der Waals surface area contributed by atoms with E-state index in [1.165, 1.54) is 0 Å². The molecule has 0 unspecified atom stereocenters. The second-order valence-corrected chi connectivity index (χ2v) is 5.70. The minimum Gasteiger partial charge on any atom is -0.478 e. The predicted molar refractivity (Wildman–Crippen MR) is 80.1 cm³/mol. The summed E-state index contributed by atoms with van der Waals surface area (Å²) >= 11 is 0. The molecule has 2 rings (SSSR count). The van der Waals surface area contributed by atoms with Gasteiger partial charge in [0.05, 0.1) is 11.0 Å². The molecule has 1 amide bonds. The summed E-state index contributed by atoms with van der Waals surface area (Å²) in [5, 5.41) is 11.8. The Morgan fingerprint density at radius 1 is 1.19 bits per heavy atom. The summed E-state index contributed by atoms with van der Waals surface area (Å²) in [6.07, 6.45) is 4.58. The van der Waals surface area contributed by atoms with Crippen LogP contribution in [0.5, 0.6) is 0 Å². The Morgan fingerprint density at radius 3 is 2.33 bits per heavy atom. The Kier molecular flexibility index (Phi) is 4.96. The standard InChI is InChI=1S/C16H22N2O3/c17-11-16(8-1-2-9-16)15(21)18-10-7-12-3-5-13(6-4-12)14(19)20/h3-6H,1-2,7-11,17H2,(H,18,21)(H,19,20). The summed E-state index contributed by atoms with van der Waals surface area (Å²) in [4.78, 5) is 23.0. The predicted octanol–water partition coefficient (Wildman–Crippen LogP) is 1.56. The van der Waals surface area contributed by atoms with Crippen molar-refractivity contribution in [3.63, 3.8) is 0 Å². The third-order valence-electron chi connectivity index (χ3n) is 4.33. The monoisotopic (exact) mass is 290 g/mol. The van der Waals surface area contributed by atoms with E-state index in [4.69, 9.17) is 10.8 Å². The molecular formula is C16H22N2O3. The van der Waals surface area contributed by atoms with Crippen molar-refractivity contribution in [2.75, 3.05) is 13.1 Å². The smallest absolute Gasteiger partial charge is 0.335 e. The van der Waals surface area contributed by atoms with Crippen LogP contribution in [0.3, 0.4) is 0 Å². The van der Waals surface area contributed by atoms with Crippen molar-refractivity contribution < 1.29 is 14.7 Å². The number of amides is 1. The van der Waals surface area contributed by atoms with Crippen molar-refractivity contribution in [1.29, 1.82) is 0 Å². The average Bonchev–Trinajstić information content (AvgIpc) is 2.98. The zero-order valence-electron chi connectivity index (χ0n) is 12.1. The highest BCUT2D eigenvalue weighted by Gasteiger charge is 2.39. The molecule has 1 fully saturated rings. The third kappa shape index (κ3) is 3.61. The first-order valence-corrected chi connectivity index (χ1v) is 7.38. The molecule has 1 aromatic rings. The van der Waals surface area contributed by atoms with Gasteiger partial charge in [0.25, 0.3) is 0 Å². The van der Waals surface area contributed by atoms with Crippen LogP contribution in [-0.2, 0) is 11.2 Å². The van der Waals surface area contributed by atoms with Gasteiger partial charge in [0.1, 0.15) is 0 Å². The Bertz CT molecular complexity index is 505. The number of aromatic carboxylic acids is 1. The summed E-state index contributed by atoms with van der Waals surface area (Å²) in [6, 6.07) is 6.73. The van der Waals surface area contributed by atoms with Gasteiger partial charge >= 0.3 is 5.97 Å². The molecule has 0 saturated heterocycles. The number of carboxylic acid groups (broad SMARTS) is 1. The van der Waals surface area contributed by atoms with Crippen LogP contribution < -0.4 is 11.1 Å². The zero-order chi connectivity index (χ0) is 15.3. The fraction of sp³-hybridized carbons (Fsp3) is 0.500. The highest BCUT2D eigenvalue weighted by Crippen LogP contribution is 2.37. The van der Waals surface area contributed by atoms with Gasteiger partial charge in [-0.25, -0.2) is 4.79 Å². The van der Waals surface area contributed by atoms with E-state index in [-0.39, 0.29) is 16.9 Å². The summed E-state index contributed by atoms with van der Waals surface area (Å²) in [6.45, 7) is 0.957. The first-order valence-electron chi connectivity index (χ1n) is 7.38. The molecule has 4 N–H and O–H groups in total. The van der Waals surface area contributed by atoms with Crippen molar-refractivity contribution in [2.45, 2.75) is 32.1 Å². The Hall–Kier alpha value is -1.88. The molecule has 5 nitrogen and oxygen atoms in total. The van der Waals surface area contributed by atoms with Crippen LogP contribution >= 0.6 is 0 Å². The van der Waals surface area contributed by atoms with Crippen LogP contribution in [0, 0.1) is 5.41 Å². The minimum atomic E-state index is -0.930. The van der Waals surface area contributed by atoms with Gasteiger partial charge in [0.2, 0.25) is 5.91 Å². The number of nitrogens with two attached hydrogens (primary N) is 1. The third-order valence-corrected chi connectivity index (χ3v) is 4.33. The van der Waals surface area contributed by atoms with Gasteiger partial charge in [0, 0.05) is 13.1 Å². The Balaban J connectivity index is 1.83. The number of carbonyl (C=O) groups excluding carboxylic acids is 1. The molecule has 1 aromatic carbocycles. The van der Waals surface area contributed by atoms with Crippen molar-refractivity contribution in [3.8, 4) is 0 Å². The topological polar surface area (TPSA) is 92.4 Å². The van der Waals surface area contributed by atoms with Gasteiger partial charge in [-0.15, -0.1) is 0 Å². The lowest BCUT2D eigenvalue weighted by Crippen LogP contribution is -2.44. The molecule has 21 heavy (non-hydrogen) atoms. The molecule has 0 aromatic heterocycles. The molecule has 0 bridgehead atoms. The van der Waals surface area contributed by atoms with Crippen LogP contribution in [0.1, 0.15) is 41.6 Å². The second kappa shape index (κ2) is 6.72. The Morgan fingerprint density at radius 2 is 1.81 bits per heavy atom. The molecule has 1 aliphatic rings. The largest absolute Gasteiger partial charge is 0.478 e. The van der Waals surface area contributed by atoms with Gasteiger partial charge in [-0.05, 0) is 37.0 Å².